The van der Waals surface area contributed by atoms with Gasteiger partial charge in [-0.1, -0.05) is 35.9 Å². The number of hydrogen-bond acceptors (Lipinski definition) is 3. The van der Waals surface area contributed by atoms with Crippen molar-refractivity contribution in [3.05, 3.63) is 99.1 Å². The summed E-state index contributed by atoms with van der Waals surface area (Å²) >= 11 is 7.51. The first-order valence-electron chi connectivity index (χ1n) is 11.3. The van der Waals surface area contributed by atoms with Crippen LogP contribution in [0.15, 0.2) is 72.1 Å². The molecular formula is C27H23ClFN3O2S. The van der Waals surface area contributed by atoms with Crippen LogP contribution >= 0.6 is 22.9 Å². The number of carbonyl (C=O) groups is 2. The lowest BCUT2D eigenvalue weighted by molar-refractivity contribution is 0.0537. The van der Waals surface area contributed by atoms with Gasteiger partial charge in [0.1, 0.15) is 5.82 Å². The topological polar surface area (TPSA) is 45.6 Å². The Morgan fingerprint density at radius 2 is 1.57 bits per heavy atom. The Kier molecular flexibility index (Phi) is 6.45. The molecule has 178 valence electrons. The summed E-state index contributed by atoms with van der Waals surface area (Å²) in [6.07, 6.45) is 0. The molecule has 8 heteroatoms. The van der Waals surface area contributed by atoms with E-state index in [1.165, 1.54) is 23.5 Å². The zero-order valence-electron chi connectivity index (χ0n) is 19.1. The number of benzene rings is 2. The van der Waals surface area contributed by atoms with Crippen molar-refractivity contribution < 1.29 is 14.0 Å². The molecule has 0 spiro atoms. The molecule has 1 aliphatic rings. The summed E-state index contributed by atoms with van der Waals surface area (Å²) in [6.45, 7) is 3.74. The molecule has 0 unspecified atom stereocenters. The molecule has 0 bridgehead atoms. The number of rotatable bonds is 4. The van der Waals surface area contributed by atoms with Crippen LogP contribution in [0.2, 0.25) is 5.02 Å². The molecule has 2 aromatic carbocycles. The van der Waals surface area contributed by atoms with Crippen molar-refractivity contribution in [3.8, 4) is 16.9 Å². The van der Waals surface area contributed by atoms with Gasteiger partial charge in [0.25, 0.3) is 11.8 Å². The van der Waals surface area contributed by atoms with Gasteiger partial charge in [0.05, 0.1) is 16.1 Å². The van der Waals surface area contributed by atoms with Gasteiger partial charge in [-0.25, -0.2) is 4.39 Å². The van der Waals surface area contributed by atoms with E-state index in [1.807, 2.05) is 53.3 Å². The van der Waals surface area contributed by atoms with Crippen molar-refractivity contribution >= 4 is 34.8 Å². The fourth-order valence-corrected chi connectivity index (χ4v) is 5.26. The Bertz CT molecular complexity index is 1370. The van der Waals surface area contributed by atoms with Gasteiger partial charge in [-0.3, -0.25) is 9.59 Å². The zero-order chi connectivity index (χ0) is 24.5. The number of hydrogen-bond donors (Lipinski definition) is 0. The highest BCUT2D eigenvalue weighted by atomic mass is 35.5. The van der Waals surface area contributed by atoms with E-state index in [-0.39, 0.29) is 17.6 Å². The minimum atomic E-state index is -0.350. The first-order valence-corrected chi connectivity index (χ1v) is 12.5. The lowest BCUT2D eigenvalue weighted by Gasteiger charge is -2.34. The minimum Gasteiger partial charge on any atom is -0.335 e. The third kappa shape index (κ3) is 4.61. The van der Waals surface area contributed by atoms with Crippen molar-refractivity contribution in [3.63, 3.8) is 0 Å². The van der Waals surface area contributed by atoms with Gasteiger partial charge in [0, 0.05) is 42.6 Å². The highest BCUT2D eigenvalue weighted by Gasteiger charge is 2.28. The minimum absolute atomic E-state index is 0.00515. The Morgan fingerprint density at radius 3 is 2.20 bits per heavy atom. The molecule has 5 nitrogen and oxygen atoms in total. The summed E-state index contributed by atoms with van der Waals surface area (Å²) in [6, 6.07) is 19.2. The second-order valence-electron chi connectivity index (χ2n) is 8.41. The number of thiophene rings is 1. The third-order valence-corrected chi connectivity index (χ3v) is 7.38. The number of amides is 2. The van der Waals surface area contributed by atoms with Crippen LogP contribution in [0.4, 0.5) is 4.39 Å². The third-order valence-electron chi connectivity index (χ3n) is 6.27. The predicted molar refractivity (Wildman–Crippen MR) is 137 cm³/mol. The van der Waals surface area contributed by atoms with E-state index < -0.39 is 0 Å². The van der Waals surface area contributed by atoms with Crippen LogP contribution in [0.3, 0.4) is 0 Å². The van der Waals surface area contributed by atoms with Crippen LogP contribution in [0.5, 0.6) is 0 Å². The monoisotopic (exact) mass is 507 g/mol. The van der Waals surface area contributed by atoms with E-state index in [0.29, 0.717) is 47.3 Å². The molecule has 1 fully saturated rings. The largest absolute Gasteiger partial charge is 0.335 e. The fraction of sp³-hybridized carbons (Fsp3) is 0.185. The van der Waals surface area contributed by atoms with E-state index in [0.717, 1.165) is 17.0 Å². The average Bonchev–Trinajstić information content (AvgIpc) is 3.52. The Balaban J connectivity index is 1.45. The van der Waals surface area contributed by atoms with Crippen molar-refractivity contribution in [2.24, 2.45) is 0 Å². The van der Waals surface area contributed by atoms with Crippen molar-refractivity contribution in [2.75, 3.05) is 26.2 Å². The first-order chi connectivity index (χ1) is 16.9. The molecule has 2 aromatic heterocycles. The van der Waals surface area contributed by atoms with E-state index in [9.17, 15) is 14.0 Å². The number of halogens is 2. The Hall–Kier alpha value is -3.42. The number of carbonyl (C=O) groups excluding carboxylic acids is 2. The maximum absolute atomic E-state index is 14.1. The lowest BCUT2D eigenvalue weighted by Crippen LogP contribution is -2.50. The highest BCUT2D eigenvalue weighted by molar-refractivity contribution is 7.12. The maximum Gasteiger partial charge on any atom is 0.264 e. The van der Waals surface area contributed by atoms with Crippen LogP contribution in [-0.4, -0.2) is 52.4 Å². The number of nitrogens with zero attached hydrogens (tertiary/aromatic N) is 3. The molecule has 1 aliphatic heterocycles. The standard InChI is InChI=1S/C27H23ClFN3O2S/c1-18-23(26(33)30-11-13-31(14-12-30)27(34)25-6-3-15-35-25)17-24(19-7-9-20(28)10-8-19)32(18)22-5-2-4-21(29)16-22/h2-10,15-17H,11-14H2,1H3. The molecule has 0 atom stereocenters. The quantitative estimate of drug-likeness (QED) is 0.345. The van der Waals surface area contributed by atoms with Gasteiger partial charge in [-0.2, -0.15) is 0 Å². The summed E-state index contributed by atoms with van der Waals surface area (Å²) in [5.74, 6) is -0.446. The van der Waals surface area contributed by atoms with Gasteiger partial charge in [0.15, 0.2) is 0 Å². The summed E-state index contributed by atoms with van der Waals surface area (Å²) in [7, 11) is 0. The van der Waals surface area contributed by atoms with E-state index in [1.54, 1.807) is 28.0 Å². The van der Waals surface area contributed by atoms with Crippen molar-refractivity contribution in [2.45, 2.75) is 6.92 Å². The van der Waals surface area contributed by atoms with Crippen LogP contribution < -0.4 is 0 Å². The van der Waals surface area contributed by atoms with E-state index >= 15 is 0 Å². The Labute approximate surface area is 212 Å². The van der Waals surface area contributed by atoms with Gasteiger partial charge >= 0.3 is 0 Å². The summed E-state index contributed by atoms with van der Waals surface area (Å²) in [5.41, 5.74) is 3.56. The normalized spacial score (nSPS) is 13.8. The first kappa shape index (κ1) is 23.3. The van der Waals surface area contributed by atoms with Crippen LogP contribution in [-0.2, 0) is 0 Å². The SMILES string of the molecule is Cc1c(C(=O)N2CCN(C(=O)c3cccs3)CC2)cc(-c2ccc(Cl)cc2)n1-c1cccc(F)c1. The van der Waals surface area contributed by atoms with Crippen molar-refractivity contribution in [1.82, 2.24) is 14.4 Å². The van der Waals surface area contributed by atoms with Crippen LogP contribution in [0.1, 0.15) is 25.7 Å². The van der Waals surface area contributed by atoms with Gasteiger partial charge < -0.3 is 14.4 Å². The molecule has 1 saturated heterocycles. The predicted octanol–water partition coefficient (Wildman–Crippen LogP) is 5.90. The molecule has 0 N–H and O–H groups in total. The molecule has 0 aliphatic carbocycles. The second-order valence-corrected chi connectivity index (χ2v) is 9.80. The molecule has 35 heavy (non-hydrogen) atoms. The molecule has 0 saturated carbocycles. The molecular weight excluding hydrogens is 485 g/mol. The van der Waals surface area contributed by atoms with Gasteiger partial charge in [0.2, 0.25) is 0 Å². The summed E-state index contributed by atoms with van der Waals surface area (Å²) in [5, 5.41) is 2.50. The van der Waals surface area contributed by atoms with Gasteiger partial charge in [-0.05, 0) is 60.3 Å². The van der Waals surface area contributed by atoms with Crippen LogP contribution in [0.25, 0.3) is 16.9 Å². The zero-order valence-corrected chi connectivity index (χ0v) is 20.7. The molecule has 0 radical (unpaired) electrons. The average molecular weight is 508 g/mol. The van der Waals surface area contributed by atoms with Gasteiger partial charge in [-0.15, -0.1) is 11.3 Å². The molecule has 5 rings (SSSR count). The van der Waals surface area contributed by atoms with E-state index in [2.05, 4.69) is 0 Å². The van der Waals surface area contributed by atoms with E-state index in [4.69, 9.17) is 11.6 Å². The molecule has 2 amide bonds. The number of aromatic nitrogens is 1. The summed E-state index contributed by atoms with van der Waals surface area (Å²) in [4.78, 5) is 30.5. The van der Waals surface area contributed by atoms with Crippen molar-refractivity contribution in [1.29, 1.82) is 0 Å². The smallest absolute Gasteiger partial charge is 0.264 e. The maximum atomic E-state index is 14.1. The summed E-state index contributed by atoms with van der Waals surface area (Å²) < 4.78 is 16.0. The second kappa shape index (κ2) is 9.68. The molecule has 3 heterocycles. The molecule has 4 aromatic rings. The fourth-order valence-electron chi connectivity index (χ4n) is 4.44. The lowest BCUT2D eigenvalue weighted by atomic mass is 10.1. The highest BCUT2D eigenvalue weighted by Crippen LogP contribution is 2.31. The Morgan fingerprint density at radius 1 is 0.886 bits per heavy atom. The van der Waals surface area contributed by atoms with Crippen LogP contribution in [0, 0.1) is 12.7 Å². The number of piperazine rings is 1.